The lowest BCUT2D eigenvalue weighted by Crippen LogP contribution is -2.50. The van der Waals surface area contributed by atoms with Gasteiger partial charge in [0.25, 0.3) is 0 Å². The number of amides is 1. The van der Waals surface area contributed by atoms with Gasteiger partial charge in [-0.15, -0.1) is 0 Å². The molecule has 0 radical (unpaired) electrons. The summed E-state index contributed by atoms with van der Waals surface area (Å²) in [6.07, 6.45) is -1.63. The van der Waals surface area contributed by atoms with E-state index < -0.39 is 17.3 Å². The number of halogens is 3. The van der Waals surface area contributed by atoms with Gasteiger partial charge in [0, 0.05) is 38.6 Å². The van der Waals surface area contributed by atoms with Crippen LogP contribution in [0.4, 0.5) is 23.8 Å². The summed E-state index contributed by atoms with van der Waals surface area (Å²) in [6, 6.07) is 3.49. The second kappa shape index (κ2) is 7.03. The van der Waals surface area contributed by atoms with Gasteiger partial charge >= 0.3 is 12.3 Å². The van der Waals surface area contributed by atoms with Crippen molar-refractivity contribution in [2.24, 2.45) is 0 Å². The zero-order valence-corrected chi connectivity index (χ0v) is 16.9. The van der Waals surface area contributed by atoms with E-state index in [2.05, 4.69) is 9.97 Å². The predicted molar refractivity (Wildman–Crippen MR) is 106 cm³/mol. The molecule has 7 nitrogen and oxygen atoms in total. The molecular weight excluding hydrogens is 399 g/mol. The van der Waals surface area contributed by atoms with Crippen LogP contribution >= 0.6 is 0 Å². The number of rotatable bonds is 1. The molecule has 4 rings (SSSR count). The van der Waals surface area contributed by atoms with E-state index >= 15 is 0 Å². The Morgan fingerprint density at radius 3 is 2.43 bits per heavy atom. The number of hydrogen-bond donors (Lipinski definition) is 0. The molecule has 2 aromatic heterocycles. The molecule has 0 spiro atoms. The Morgan fingerprint density at radius 2 is 1.80 bits per heavy atom. The maximum Gasteiger partial charge on any atom is 0.416 e. The third-order valence-electron chi connectivity index (χ3n) is 4.86. The Balaban J connectivity index is 1.62. The minimum Gasteiger partial charge on any atom is -0.444 e. The summed E-state index contributed by atoms with van der Waals surface area (Å²) in [6.45, 7) is 7.39. The van der Waals surface area contributed by atoms with Crippen molar-refractivity contribution in [1.82, 2.24) is 19.3 Å². The second-order valence-corrected chi connectivity index (χ2v) is 8.21. The number of imidazole rings is 1. The highest BCUT2D eigenvalue weighted by Gasteiger charge is 2.31. The normalized spacial score (nSPS) is 15.8. The van der Waals surface area contributed by atoms with E-state index in [0.717, 1.165) is 12.1 Å². The summed E-state index contributed by atoms with van der Waals surface area (Å²) >= 11 is 0. The Labute approximate surface area is 171 Å². The van der Waals surface area contributed by atoms with Crippen molar-refractivity contribution in [3.05, 3.63) is 36.2 Å². The van der Waals surface area contributed by atoms with Crippen molar-refractivity contribution < 1.29 is 22.7 Å². The highest BCUT2D eigenvalue weighted by molar-refractivity contribution is 5.84. The molecule has 0 N–H and O–H groups in total. The molecule has 1 aliphatic heterocycles. The largest absolute Gasteiger partial charge is 0.444 e. The van der Waals surface area contributed by atoms with Crippen molar-refractivity contribution >= 4 is 28.6 Å². The molecule has 160 valence electrons. The fraction of sp³-hybridized carbons (Fsp3) is 0.450. The van der Waals surface area contributed by atoms with E-state index in [1.165, 1.54) is 12.3 Å². The summed E-state index contributed by atoms with van der Waals surface area (Å²) in [5.74, 6) is 0.580. The standard InChI is InChI=1S/C20H22F3N5O2/c1-19(2,3)30-18(29)27-10-8-26(9-11-27)17-16-24-6-7-28(16)15-12-13(20(21,22)23)4-5-14(15)25-17/h4-7,12H,8-11H2,1-3H3. The molecule has 3 aromatic rings. The third kappa shape index (κ3) is 3.86. The van der Waals surface area contributed by atoms with E-state index in [-0.39, 0.29) is 6.09 Å². The molecule has 0 saturated carbocycles. The Hall–Kier alpha value is -3.04. The third-order valence-corrected chi connectivity index (χ3v) is 4.86. The fourth-order valence-corrected chi connectivity index (χ4v) is 3.45. The molecule has 1 aliphatic rings. The lowest BCUT2D eigenvalue weighted by Gasteiger charge is -2.36. The van der Waals surface area contributed by atoms with Crippen LogP contribution in [0.5, 0.6) is 0 Å². The first kappa shape index (κ1) is 20.2. The zero-order chi connectivity index (χ0) is 21.7. The van der Waals surface area contributed by atoms with Crippen molar-refractivity contribution in [3.63, 3.8) is 0 Å². The summed E-state index contributed by atoms with van der Waals surface area (Å²) in [5, 5.41) is 0. The number of alkyl halides is 3. The van der Waals surface area contributed by atoms with Gasteiger partial charge in [0.15, 0.2) is 11.5 Å². The molecule has 0 aliphatic carbocycles. The fourth-order valence-electron chi connectivity index (χ4n) is 3.45. The van der Waals surface area contributed by atoms with Crippen molar-refractivity contribution in [2.75, 3.05) is 31.1 Å². The van der Waals surface area contributed by atoms with Crippen LogP contribution in [0.2, 0.25) is 0 Å². The zero-order valence-electron chi connectivity index (χ0n) is 16.9. The number of carbonyl (C=O) groups excluding carboxylic acids is 1. The van der Waals surface area contributed by atoms with E-state index in [9.17, 15) is 18.0 Å². The number of hydrogen-bond acceptors (Lipinski definition) is 5. The number of aromatic nitrogens is 3. The molecule has 0 atom stereocenters. The van der Waals surface area contributed by atoms with Crippen LogP contribution in [0.15, 0.2) is 30.6 Å². The van der Waals surface area contributed by atoms with Gasteiger partial charge < -0.3 is 14.5 Å². The number of carbonyl (C=O) groups is 1. The highest BCUT2D eigenvalue weighted by atomic mass is 19.4. The number of ether oxygens (including phenoxy) is 1. The van der Waals surface area contributed by atoms with Crippen LogP contribution in [0.25, 0.3) is 16.7 Å². The average molecular weight is 421 g/mol. The number of benzene rings is 1. The molecule has 30 heavy (non-hydrogen) atoms. The number of fused-ring (bicyclic) bond motifs is 3. The van der Waals surface area contributed by atoms with Gasteiger partial charge in [-0.1, -0.05) is 0 Å². The van der Waals surface area contributed by atoms with Gasteiger partial charge in [0.2, 0.25) is 0 Å². The molecule has 0 unspecified atom stereocenters. The van der Waals surface area contributed by atoms with Crippen molar-refractivity contribution in [3.8, 4) is 0 Å². The van der Waals surface area contributed by atoms with Gasteiger partial charge in [-0.05, 0) is 39.0 Å². The maximum atomic E-state index is 13.1. The van der Waals surface area contributed by atoms with Crippen LogP contribution < -0.4 is 4.90 Å². The average Bonchev–Trinajstić information content (AvgIpc) is 3.15. The van der Waals surface area contributed by atoms with Gasteiger partial charge in [0.1, 0.15) is 5.60 Å². The van der Waals surface area contributed by atoms with E-state index in [1.54, 1.807) is 15.5 Å². The monoisotopic (exact) mass is 421 g/mol. The van der Waals surface area contributed by atoms with Gasteiger partial charge in [-0.3, -0.25) is 4.40 Å². The summed E-state index contributed by atoms with van der Waals surface area (Å²) in [5.41, 5.74) is -0.0320. The van der Waals surface area contributed by atoms with Gasteiger partial charge in [-0.25, -0.2) is 14.8 Å². The Kier molecular flexibility index (Phi) is 4.74. The summed E-state index contributed by atoms with van der Waals surface area (Å²) < 4.78 is 46.4. The van der Waals surface area contributed by atoms with Crippen LogP contribution in [0.1, 0.15) is 26.3 Å². The first-order valence-corrected chi connectivity index (χ1v) is 9.60. The molecule has 1 saturated heterocycles. The van der Waals surface area contributed by atoms with Crippen molar-refractivity contribution in [1.29, 1.82) is 0 Å². The predicted octanol–water partition coefficient (Wildman–Crippen LogP) is 3.96. The first-order valence-electron chi connectivity index (χ1n) is 9.60. The van der Waals surface area contributed by atoms with Crippen LogP contribution in [0.3, 0.4) is 0 Å². The molecule has 3 heterocycles. The van der Waals surface area contributed by atoms with Crippen LogP contribution in [-0.2, 0) is 10.9 Å². The smallest absolute Gasteiger partial charge is 0.416 e. The molecule has 0 bridgehead atoms. The quantitative estimate of drug-likeness (QED) is 0.595. The molecule has 1 amide bonds. The Morgan fingerprint density at radius 1 is 1.10 bits per heavy atom. The maximum absolute atomic E-state index is 13.1. The van der Waals surface area contributed by atoms with Crippen LogP contribution in [0, 0.1) is 0 Å². The summed E-state index contributed by atoms with van der Waals surface area (Å²) in [7, 11) is 0. The van der Waals surface area contributed by atoms with Gasteiger partial charge in [0.05, 0.1) is 16.6 Å². The van der Waals surface area contributed by atoms with Gasteiger partial charge in [-0.2, -0.15) is 13.2 Å². The van der Waals surface area contributed by atoms with Crippen molar-refractivity contribution in [2.45, 2.75) is 32.5 Å². The minimum absolute atomic E-state index is 0.341. The van der Waals surface area contributed by atoms with E-state index in [1.807, 2.05) is 25.7 Å². The Bertz CT molecular complexity index is 1100. The first-order chi connectivity index (χ1) is 14.0. The second-order valence-electron chi connectivity index (χ2n) is 8.21. The highest BCUT2D eigenvalue weighted by Crippen LogP contribution is 2.32. The topological polar surface area (TPSA) is 63.0 Å². The van der Waals surface area contributed by atoms with E-state index in [0.29, 0.717) is 48.7 Å². The number of anilines is 1. The number of nitrogens with zero attached hydrogens (tertiary/aromatic N) is 5. The summed E-state index contributed by atoms with van der Waals surface area (Å²) in [4.78, 5) is 24.8. The SMILES string of the molecule is CC(C)(C)OC(=O)N1CCN(c2nc3ccc(C(F)(F)F)cc3n3ccnc23)CC1. The number of piperazine rings is 1. The molecule has 10 heteroatoms. The molecule has 1 fully saturated rings. The van der Waals surface area contributed by atoms with Crippen LogP contribution in [-0.4, -0.2) is 57.1 Å². The minimum atomic E-state index is -4.43. The molecular formula is C20H22F3N5O2. The molecule has 1 aromatic carbocycles. The lowest BCUT2D eigenvalue weighted by molar-refractivity contribution is -0.137. The lowest BCUT2D eigenvalue weighted by atomic mass is 10.2. The van der Waals surface area contributed by atoms with E-state index in [4.69, 9.17) is 4.74 Å².